The fourth-order valence-electron chi connectivity index (χ4n) is 1.93. The Morgan fingerprint density at radius 3 is 2.25 bits per heavy atom. The Morgan fingerprint density at radius 1 is 1.05 bits per heavy atom. The van der Waals surface area contributed by atoms with Gasteiger partial charge in [-0.25, -0.2) is 13.2 Å². The van der Waals surface area contributed by atoms with E-state index in [1.807, 2.05) is 6.07 Å². The lowest BCUT2D eigenvalue weighted by Gasteiger charge is -2.17. The summed E-state index contributed by atoms with van der Waals surface area (Å²) in [5.41, 5.74) is 0.105. The van der Waals surface area contributed by atoms with Crippen LogP contribution in [0.2, 0.25) is 0 Å². The van der Waals surface area contributed by atoms with Crippen LogP contribution in [0.4, 0.5) is 18.9 Å². The maximum Gasteiger partial charge on any atom is 0.147 e. The monoisotopic (exact) mass is 276 g/mol. The van der Waals surface area contributed by atoms with Crippen molar-refractivity contribution in [3.05, 3.63) is 65.0 Å². The third kappa shape index (κ3) is 2.75. The Morgan fingerprint density at radius 2 is 1.70 bits per heavy atom. The molecule has 0 fully saturated rings. The molecule has 0 aromatic heterocycles. The zero-order valence-corrected chi connectivity index (χ0v) is 10.6. The van der Waals surface area contributed by atoms with Crippen molar-refractivity contribution in [3.8, 4) is 6.07 Å². The number of rotatable bonds is 3. The maximum atomic E-state index is 13.7. The molecule has 0 aliphatic rings. The third-order valence-electron chi connectivity index (χ3n) is 2.90. The number of anilines is 1. The van der Waals surface area contributed by atoms with Crippen LogP contribution in [0.25, 0.3) is 0 Å². The predicted molar refractivity (Wildman–Crippen MR) is 69.5 cm³/mol. The van der Waals surface area contributed by atoms with Crippen LogP contribution in [-0.4, -0.2) is 0 Å². The topological polar surface area (TPSA) is 35.8 Å². The zero-order valence-electron chi connectivity index (χ0n) is 10.6. The van der Waals surface area contributed by atoms with E-state index < -0.39 is 23.5 Å². The van der Waals surface area contributed by atoms with Crippen LogP contribution < -0.4 is 5.32 Å². The van der Waals surface area contributed by atoms with E-state index in [-0.39, 0.29) is 16.8 Å². The summed E-state index contributed by atoms with van der Waals surface area (Å²) < 4.78 is 40.9. The van der Waals surface area contributed by atoms with Gasteiger partial charge in [0.15, 0.2) is 0 Å². The van der Waals surface area contributed by atoms with Crippen molar-refractivity contribution in [3.63, 3.8) is 0 Å². The van der Waals surface area contributed by atoms with Crippen LogP contribution in [0.1, 0.15) is 24.1 Å². The lowest BCUT2D eigenvalue weighted by atomic mass is 10.1. The van der Waals surface area contributed by atoms with Crippen molar-refractivity contribution < 1.29 is 13.2 Å². The molecule has 0 spiro atoms. The quantitative estimate of drug-likeness (QED) is 0.914. The molecule has 0 aliphatic carbocycles. The molecular weight excluding hydrogens is 265 g/mol. The van der Waals surface area contributed by atoms with E-state index in [1.165, 1.54) is 25.1 Å². The Kier molecular flexibility index (Phi) is 3.94. The highest BCUT2D eigenvalue weighted by Crippen LogP contribution is 2.26. The molecule has 102 valence electrons. The Balaban J connectivity index is 2.28. The molecule has 0 amide bonds. The second kappa shape index (κ2) is 5.66. The molecule has 5 heteroatoms. The minimum absolute atomic E-state index is 0.0825. The summed E-state index contributed by atoms with van der Waals surface area (Å²) >= 11 is 0. The molecular formula is C15H11F3N2. The van der Waals surface area contributed by atoms with Gasteiger partial charge in [0.1, 0.15) is 17.5 Å². The van der Waals surface area contributed by atoms with Crippen LogP contribution in [0.5, 0.6) is 0 Å². The molecule has 0 saturated carbocycles. The van der Waals surface area contributed by atoms with Crippen LogP contribution >= 0.6 is 0 Å². The van der Waals surface area contributed by atoms with E-state index in [0.717, 1.165) is 18.2 Å². The molecule has 0 saturated heterocycles. The van der Waals surface area contributed by atoms with Crippen LogP contribution in [0, 0.1) is 28.8 Å². The minimum atomic E-state index is -0.751. The van der Waals surface area contributed by atoms with Gasteiger partial charge in [-0.3, -0.25) is 0 Å². The van der Waals surface area contributed by atoms with Crippen LogP contribution in [0.3, 0.4) is 0 Å². The van der Waals surface area contributed by atoms with E-state index in [2.05, 4.69) is 5.32 Å². The first-order chi connectivity index (χ1) is 9.52. The first-order valence-corrected chi connectivity index (χ1v) is 5.93. The molecule has 20 heavy (non-hydrogen) atoms. The molecule has 1 unspecified atom stereocenters. The summed E-state index contributed by atoms with van der Waals surface area (Å²) in [7, 11) is 0. The molecule has 1 N–H and O–H groups in total. The van der Waals surface area contributed by atoms with Gasteiger partial charge in [-0.2, -0.15) is 5.26 Å². The number of halogens is 3. The van der Waals surface area contributed by atoms with Gasteiger partial charge in [0.2, 0.25) is 0 Å². The SMILES string of the molecule is CC(Nc1ccc(C#N)cc1F)c1c(F)cccc1F. The number of hydrogen-bond acceptors (Lipinski definition) is 2. The molecule has 2 aromatic rings. The lowest BCUT2D eigenvalue weighted by molar-refractivity contribution is 0.542. The average Bonchev–Trinajstić information content (AvgIpc) is 2.41. The van der Waals surface area contributed by atoms with Gasteiger partial charge >= 0.3 is 0 Å². The van der Waals surface area contributed by atoms with E-state index in [4.69, 9.17) is 5.26 Å². The third-order valence-corrected chi connectivity index (χ3v) is 2.90. The smallest absolute Gasteiger partial charge is 0.147 e. The fraction of sp³-hybridized carbons (Fsp3) is 0.133. The van der Waals surface area contributed by atoms with Crippen molar-refractivity contribution in [2.24, 2.45) is 0 Å². The molecule has 2 aromatic carbocycles. The molecule has 2 rings (SSSR count). The number of benzene rings is 2. The summed E-state index contributed by atoms with van der Waals surface area (Å²) in [5, 5.41) is 11.3. The van der Waals surface area contributed by atoms with Gasteiger partial charge < -0.3 is 5.32 Å². The highest BCUT2D eigenvalue weighted by Gasteiger charge is 2.17. The number of nitrogens with one attached hydrogen (secondary N) is 1. The molecule has 2 nitrogen and oxygen atoms in total. The van der Waals surface area contributed by atoms with Crippen molar-refractivity contribution in [2.75, 3.05) is 5.32 Å². The van der Waals surface area contributed by atoms with Crippen molar-refractivity contribution in [2.45, 2.75) is 13.0 Å². The lowest BCUT2D eigenvalue weighted by Crippen LogP contribution is -2.12. The summed E-state index contributed by atoms with van der Waals surface area (Å²) in [5.74, 6) is -2.04. The van der Waals surface area contributed by atoms with Gasteiger partial charge in [-0.15, -0.1) is 0 Å². The Labute approximate surface area is 114 Å². The van der Waals surface area contributed by atoms with Crippen molar-refractivity contribution in [1.82, 2.24) is 0 Å². The summed E-state index contributed by atoms with van der Waals surface area (Å²) in [6.07, 6.45) is 0. The summed E-state index contributed by atoms with van der Waals surface area (Å²) in [4.78, 5) is 0. The van der Waals surface area contributed by atoms with Gasteiger partial charge in [-0.05, 0) is 37.3 Å². The number of hydrogen-bond donors (Lipinski definition) is 1. The van der Waals surface area contributed by atoms with E-state index >= 15 is 0 Å². The normalized spacial score (nSPS) is 11.8. The molecule has 0 aliphatic heterocycles. The standard InChI is InChI=1S/C15H11F3N2/c1-9(15-11(16)3-2-4-12(15)17)20-14-6-5-10(8-19)7-13(14)18/h2-7,9,20H,1H3. The first-order valence-electron chi connectivity index (χ1n) is 5.93. The Bertz CT molecular complexity index is 657. The minimum Gasteiger partial charge on any atom is -0.376 e. The van der Waals surface area contributed by atoms with Gasteiger partial charge in [0, 0.05) is 5.56 Å². The molecule has 0 bridgehead atoms. The van der Waals surface area contributed by atoms with Gasteiger partial charge in [0.05, 0.1) is 23.4 Å². The number of nitrogens with zero attached hydrogens (tertiary/aromatic N) is 1. The van der Waals surface area contributed by atoms with Gasteiger partial charge in [0.25, 0.3) is 0 Å². The highest BCUT2D eigenvalue weighted by molar-refractivity contribution is 5.50. The fourth-order valence-corrected chi connectivity index (χ4v) is 1.93. The molecule has 0 radical (unpaired) electrons. The van der Waals surface area contributed by atoms with Crippen molar-refractivity contribution in [1.29, 1.82) is 5.26 Å². The van der Waals surface area contributed by atoms with E-state index in [9.17, 15) is 13.2 Å². The maximum absolute atomic E-state index is 13.7. The first kappa shape index (κ1) is 13.9. The highest BCUT2D eigenvalue weighted by atomic mass is 19.1. The summed E-state index contributed by atoms with van der Waals surface area (Å²) in [6, 6.07) is 8.47. The van der Waals surface area contributed by atoms with Crippen LogP contribution in [-0.2, 0) is 0 Å². The average molecular weight is 276 g/mol. The van der Waals surface area contributed by atoms with Gasteiger partial charge in [-0.1, -0.05) is 6.07 Å². The second-order valence-corrected chi connectivity index (χ2v) is 4.31. The largest absolute Gasteiger partial charge is 0.376 e. The van der Waals surface area contributed by atoms with E-state index in [1.54, 1.807) is 0 Å². The molecule has 1 atom stereocenters. The van der Waals surface area contributed by atoms with Crippen molar-refractivity contribution >= 4 is 5.69 Å². The predicted octanol–water partition coefficient (Wildman–Crippen LogP) is 4.15. The Hall–Kier alpha value is -2.48. The number of nitriles is 1. The van der Waals surface area contributed by atoms with Crippen LogP contribution in [0.15, 0.2) is 36.4 Å². The molecule has 0 heterocycles. The van der Waals surface area contributed by atoms with E-state index in [0.29, 0.717) is 0 Å². The second-order valence-electron chi connectivity index (χ2n) is 4.31. The zero-order chi connectivity index (χ0) is 14.7. The summed E-state index contributed by atoms with van der Waals surface area (Å²) in [6.45, 7) is 1.53.